The fraction of sp³-hybridized carbons (Fsp3) is 0.769. The van der Waals surface area contributed by atoms with Crippen molar-refractivity contribution in [3.8, 4) is 0 Å². The molecule has 0 radical (unpaired) electrons. The molecule has 0 aromatic carbocycles. The van der Waals surface area contributed by atoms with E-state index in [1.807, 2.05) is 17.9 Å². The van der Waals surface area contributed by atoms with E-state index in [1.165, 1.54) is 43.4 Å². The summed E-state index contributed by atoms with van der Waals surface area (Å²) in [7, 11) is 2.04. The molecule has 1 fully saturated rings. The summed E-state index contributed by atoms with van der Waals surface area (Å²) in [5.74, 6) is 0. The maximum atomic E-state index is 5.65. The molecule has 2 aliphatic rings. The van der Waals surface area contributed by atoms with Crippen molar-refractivity contribution in [2.45, 2.75) is 44.2 Å². The maximum Gasteiger partial charge on any atom is 0.0700 e. The largest absolute Gasteiger partial charge is 0.377 e. The number of nitrogens with one attached hydrogen (secondary N) is 1. The highest BCUT2D eigenvalue weighted by atomic mass is 16.5. The summed E-state index contributed by atoms with van der Waals surface area (Å²) >= 11 is 0. The zero-order valence-electron chi connectivity index (χ0n) is 10.5. The molecule has 1 N–H and O–H groups in total. The average molecular weight is 235 g/mol. The van der Waals surface area contributed by atoms with Gasteiger partial charge < -0.3 is 10.1 Å². The van der Waals surface area contributed by atoms with Crippen LogP contribution in [0.5, 0.6) is 0 Å². The Labute approximate surface area is 102 Å². The van der Waals surface area contributed by atoms with E-state index < -0.39 is 0 Å². The summed E-state index contributed by atoms with van der Waals surface area (Å²) in [6.07, 6.45) is 8.54. The number of aryl methyl sites for hydroxylation is 1. The molecule has 0 bridgehead atoms. The van der Waals surface area contributed by atoms with Crippen molar-refractivity contribution in [2.24, 2.45) is 7.05 Å². The molecule has 0 saturated carbocycles. The van der Waals surface area contributed by atoms with Crippen LogP contribution in [0.2, 0.25) is 0 Å². The molecule has 0 amide bonds. The van der Waals surface area contributed by atoms with Gasteiger partial charge in [0.2, 0.25) is 0 Å². The van der Waals surface area contributed by atoms with E-state index in [2.05, 4.69) is 10.4 Å². The summed E-state index contributed by atoms with van der Waals surface area (Å²) in [6.45, 7) is 1.92. The van der Waals surface area contributed by atoms with Crippen LogP contribution in [0.1, 0.15) is 43.0 Å². The monoisotopic (exact) mass is 235 g/mol. The number of nitrogens with zero attached hydrogens (tertiary/aromatic N) is 2. The van der Waals surface area contributed by atoms with Crippen molar-refractivity contribution >= 4 is 0 Å². The molecule has 1 aliphatic heterocycles. The molecular weight excluding hydrogens is 214 g/mol. The van der Waals surface area contributed by atoms with Crippen LogP contribution in [0.4, 0.5) is 0 Å². The first-order valence-electron chi connectivity index (χ1n) is 6.70. The number of fused-ring (bicyclic) bond motifs is 1. The highest BCUT2D eigenvalue weighted by molar-refractivity contribution is 5.24. The van der Waals surface area contributed by atoms with E-state index in [1.54, 1.807) is 0 Å². The lowest BCUT2D eigenvalue weighted by Gasteiger charge is -2.25. The van der Waals surface area contributed by atoms with Gasteiger partial charge in [-0.05, 0) is 32.1 Å². The Bertz CT molecular complexity index is 382. The minimum Gasteiger partial charge on any atom is -0.377 e. The van der Waals surface area contributed by atoms with Crippen LogP contribution in [0, 0.1) is 0 Å². The molecule has 1 saturated heterocycles. The standard InChI is InChI=1S/C13H21N3O/c1-16-13-6-2-5-12(11(13)9-15-16)14-8-10-4-3-7-17-10/h9-10,12,14H,2-8H2,1H3. The molecular formula is C13H21N3O. The van der Waals surface area contributed by atoms with Gasteiger partial charge >= 0.3 is 0 Å². The fourth-order valence-electron chi connectivity index (χ4n) is 3.00. The SMILES string of the molecule is Cn1ncc2c1CCCC2NCC1CCCO1. The Balaban J connectivity index is 1.64. The molecule has 2 unspecified atom stereocenters. The molecule has 2 heterocycles. The minimum atomic E-state index is 0.428. The van der Waals surface area contributed by atoms with Crippen molar-refractivity contribution in [3.63, 3.8) is 0 Å². The minimum absolute atomic E-state index is 0.428. The summed E-state index contributed by atoms with van der Waals surface area (Å²) in [5.41, 5.74) is 2.80. The predicted molar refractivity (Wildman–Crippen MR) is 65.9 cm³/mol. The van der Waals surface area contributed by atoms with Gasteiger partial charge in [-0.1, -0.05) is 0 Å². The number of rotatable bonds is 3. The molecule has 94 valence electrons. The molecule has 17 heavy (non-hydrogen) atoms. The lowest BCUT2D eigenvalue weighted by atomic mass is 9.93. The van der Waals surface area contributed by atoms with Gasteiger partial charge in [0, 0.05) is 37.5 Å². The van der Waals surface area contributed by atoms with Crippen LogP contribution in [-0.4, -0.2) is 29.0 Å². The van der Waals surface area contributed by atoms with Crippen LogP contribution in [-0.2, 0) is 18.2 Å². The van der Waals surface area contributed by atoms with Crippen LogP contribution in [0.15, 0.2) is 6.20 Å². The third-order valence-electron chi connectivity index (χ3n) is 3.99. The Morgan fingerprint density at radius 1 is 1.47 bits per heavy atom. The van der Waals surface area contributed by atoms with Crippen molar-refractivity contribution in [1.82, 2.24) is 15.1 Å². The van der Waals surface area contributed by atoms with Gasteiger partial charge in [0.05, 0.1) is 12.3 Å². The zero-order valence-corrected chi connectivity index (χ0v) is 10.5. The number of ether oxygens (including phenoxy) is 1. The Hall–Kier alpha value is -0.870. The van der Waals surface area contributed by atoms with Crippen LogP contribution < -0.4 is 5.32 Å². The van der Waals surface area contributed by atoms with Crippen molar-refractivity contribution in [1.29, 1.82) is 0 Å². The van der Waals surface area contributed by atoms with Gasteiger partial charge in [-0.2, -0.15) is 5.10 Å². The molecule has 1 aromatic rings. The Kier molecular flexibility index (Phi) is 3.16. The predicted octanol–water partition coefficient (Wildman–Crippen LogP) is 1.57. The van der Waals surface area contributed by atoms with Crippen molar-refractivity contribution in [3.05, 3.63) is 17.5 Å². The van der Waals surface area contributed by atoms with E-state index >= 15 is 0 Å². The van der Waals surface area contributed by atoms with Crippen LogP contribution >= 0.6 is 0 Å². The van der Waals surface area contributed by atoms with E-state index in [0.717, 1.165) is 13.2 Å². The first kappa shape index (κ1) is 11.2. The maximum absolute atomic E-state index is 5.65. The topological polar surface area (TPSA) is 39.1 Å². The first-order valence-corrected chi connectivity index (χ1v) is 6.70. The third kappa shape index (κ3) is 2.24. The molecule has 3 rings (SSSR count). The lowest BCUT2D eigenvalue weighted by Crippen LogP contribution is -2.32. The van der Waals surface area contributed by atoms with Gasteiger partial charge in [0.1, 0.15) is 0 Å². The molecule has 1 aliphatic carbocycles. The lowest BCUT2D eigenvalue weighted by molar-refractivity contribution is 0.106. The normalized spacial score (nSPS) is 28.3. The second-order valence-electron chi connectivity index (χ2n) is 5.16. The van der Waals surface area contributed by atoms with E-state index in [-0.39, 0.29) is 0 Å². The molecule has 0 spiro atoms. The second kappa shape index (κ2) is 4.78. The smallest absolute Gasteiger partial charge is 0.0700 e. The highest BCUT2D eigenvalue weighted by Gasteiger charge is 2.24. The summed E-state index contributed by atoms with van der Waals surface area (Å²) < 4.78 is 7.68. The molecule has 2 atom stereocenters. The Morgan fingerprint density at radius 2 is 2.41 bits per heavy atom. The van der Waals surface area contributed by atoms with Gasteiger partial charge in [-0.25, -0.2) is 0 Å². The second-order valence-corrected chi connectivity index (χ2v) is 5.16. The summed E-state index contributed by atoms with van der Waals surface area (Å²) in [5, 5.41) is 8.03. The zero-order chi connectivity index (χ0) is 11.7. The highest BCUT2D eigenvalue weighted by Crippen LogP contribution is 2.29. The summed E-state index contributed by atoms with van der Waals surface area (Å²) in [4.78, 5) is 0. The Morgan fingerprint density at radius 3 is 3.24 bits per heavy atom. The van der Waals surface area contributed by atoms with Gasteiger partial charge in [0.15, 0.2) is 0 Å². The fourth-order valence-corrected chi connectivity index (χ4v) is 3.00. The van der Waals surface area contributed by atoms with E-state index in [9.17, 15) is 0 Å². The molecule has 4 heteroatoms. The molecule has 4 nitrogen and oxygen atoms in total. The van der Waals surface area contributed by atoms with Gasteiger partial charge in [-0.3, -0.25) is 4.68 Å². The van der Waals surface area contributed by atoms with Crippen LogP contribution in [0.3, 0.4) is 0 Å². The van der Waals surface area contributed by atoms with Crippen molar-refractivity contribution < 1.29 is 4.74 Å². The van der Waals surface area contributed by atoms with E-state index in [4.69, 9.17) is 4.74 Å². The number of hydrogen-bond donors (Lipinski definition) is 1. The van der Waals surface area contributed by atoms with E-state index in [0.29, 0.717) is 12.1 Å². The van der Waals surface area contributed by atoms with Gasteiger partial charge in [-0.15, -0.1) is 0 Å². The summed E-state index contributed by atoms with van der Waals surface area (Å²) in [6, 6.07) is 0.483. The average Bonchev–Trinajstić information content (AvgIpc) is 2.97. The quantitative estimate of drug-likeness (QED) is 0.864. The number of hydrogen-bond acceptors (Lipinski definition) is 3. The first-order chi connectivity index (χ1) is 8.34. The van der Waals surface area contributed by atoms with Crippen molar-refractivity contribution in [2.75, 3.05) is 13.2 Å². The van der Waals surface area contributed by atoms with Crippen LogP contribution in [0.25, 0.3) is 0 Å². The number of aromatic nitrogens is 2. The van der Waals surface area contributed by atoms with Gasteiger partial charge in [0.25, 0.3) is 0 Å². The third-order valence-corrected chi connectivity index (χ3v) is 3.99. The molecule has 1 aromatic heterocycles.